The number of aryl methyl sites for hydroxylation is 1. The van der Waals surface area contributed by atoms with Crippen molar-refractivity contribution in [3.05, 3.63) is 72.6 Å². The summed E-state index contributed by atoms with van der Waals surface area (Å²) in [7, 11) is 0. The summed E-state index contributed by atoms with van der Waals surface area (Å²) < 4.78 is 1.88. The fourth-order valence-corrected chi connectivity index (χ4v) is 2.71. The van der Waals surface area contributed by atoms with Crippen LogP contribution in [0, 0.1) is 6.92 Å². The molecular weight excluding hydrogens is 300 g/mol. The number of aromatic hydroxyl groups is 1. The van der Waals surface area contributed by atoms with Crippen LogP contribution in [0.15, 0.2) is 67.0 Å². The van der Waals surface area contributed by atoms with Gasteiger partial charge in [0.15, 0.2) is 0 Å². The van der Waals surface area contributed by atoms with E-state index in [1.807, 2.05) is 60.0 Å². The predicted octanol–water partition coefficient (Wildman–Crippen LogP) is 4.15. The van der Waals surface area contributed by atoms with Crippen molar-refractivity contribution in [1.82, 2.24) is 14.4 Å². The Morgan fingerprint density at radius 1 is 1.00 bits per heavy atom. The molecule has 24 heavy (non-hydrogen) atoms. The van der Waals surface area contributed by atoms with E-state index in [9.17, 15) is 5.11 Å². The number of hydrogen-bond donors (Lipinski definition) is 2. The minimum Gasteiger partial charge on any atom is -0.507 e. The highest BCUT2D eigenvalue weighted by atomic mass is 16.3. The summed E-state index contributed by atoms with van der Waals surface area (Å²) >= 11 is 0. The number of rotatable bonds is 3. The van der Waals surface area contributed by atoms with Crippen molar-refractivity contribution in [2.75, 3.05) is 5.32 Å². The minimum atomic E-state index is 0.189. The second-order valence-electron chi connectivity index (χ2n) is 5.56. The van der Waals surface area contributed by atoms with Crippen LogP contribution in [-0.4, -0.2) is 19.5 Å². The highest BCUT2D eigenvalue weighted by Crippen LogP contribution is 2.35. The molecule has 0 amide bonds. The molecule has 4 rings (SSSR count). The lowest BCUT2D eigenvalue weighted by Crippen LogP contribution is -1.98. The van der Waals surface area contributed by atoms with E-state index >= 15 is 0 Å². The number of benzene rings is 2. The molecule has 0 aliphatic heterocycles. The van der Waals surface area contributed by atoms with Crippen LogP contribution < -0.4 is 5.32 Å². The lowest BCUT2D eigenvalue weighted by Gasteiger charge is -2.11. The first kappa shape index (κ1) is 14.3. The molecule has 2 aromatic heterocycles. The largest absolute Gasteiger partial charge is 0.507 e. The zero-order valence-electron chi connectivity index (χ0n) is 13.1. The number of nitrogens with zero attached hydrogens (tertiary/aromatic N) is 3. The zero-order chi connectivity index (χ0) is 16.5. The number of fused-ring (bicyclic) bond motifs is 1. The Balaban J connectivity index is 1.94. The molecule has 5 nitrogen and oxygen atoms in total. The standard InChI is InChI=1S/C19H16N4O/c1-13-7-2-4-9-15(13)21-18-17(14-8-3-5-10-16(14)24)22-19-20-11-6-12-23(18)19/h2-12,21,24H,1H3. The Morgan fingerprint density at radius 2 is 1.79 bits per heavy atom. The first-order valence-corrected chi connectivity index (χ1v) is 7.68. The fraction of sp³-hybridized carbons (Fsp3) is 0.0526. The maximum absolute atomic E-state index is 10.2. The summed E-state index contributed by atoms with van der Waals surface area (Å²) in [6.07, 6.45) is 3.61. The van der Waals surface area contributed by atoms with Gasteiger partial charge in [-0.3, -0.25) is 4.40 Å². The lowest BCUT2D eigenvalue weighted by molar-refractivity contribution is 0.477. The van der Waals surface area contributed by atoms with E-state index in [-0.39, 0.29) is 5.75 Å². The van der Waals surface area contributed by atoms with Crippen LogP contribution >= 0.6 is 0 Å². The Labute approximate surface area is 139 Å². The molecule has 5 heteroatoms. The summed E-state index contributed by atoms with van der Waals surface area (Å²) in [4.78, 5) is 8.91. The predicted molar refractivity (Wildman–Crippen MR) is 94.5 cm³/mol. The molecule has 0 spiro atoms. The van der Waals surface area contributed by atoms with Gasteiger partial charge in [-0.2, -0.15) is 0 Å². The quantitative estimate of drug-likeness (QED) is 0.596. The molecule has 0 saturated carbocycles. The fourth-order valence-electron chi connectivity index (χ4n) is 2.71. The molecule has 0 saturated heterocycles. The third-order valence-electron chi connectivity index (χ3n) is 3.96. The van der Waals surface area contributed by atoms with Crippen LogP contribution in [0.25, 0.3) is 17.0 Å². The number of para-hydroxylation sites is 2. The van der Waals surface area contributed by atoms with E-state index in [0.717, 1.165) is 17.1 Å². The van der Waals surface area contributed by atoms with Crippen LogP contribution in [0.2, 0.25) is 0 Å². The van der Waals surface area contributed by atoms with Gasteiger partial charge in [0.05, 0.1) is 0 Å². The molecule has 0 aliphatic rings. The highest BCUT2D eigenvalue weighted by Gasteiger charge is 2.17. The lowest BCUT2D eigenvalue weighted by atomic mass is 10.1. The van der Waals surface area contributed by atoms with Crippen molar-refractivity contribution in [1.29, 1.82) is 0 Å². The second-order valence-corrected chi connectivity index (χ2v) is 5.56. The van der Waals surface area contributed by atoms with Crippen LogP contribution in [0.5, 0.6) is 5.75 Å². The number of nitrogens with one attached hydrogen (secondary N) is 1. The average molecular weight is 316 g/mol. The molecule has 2 aromatic carbocycles. The maximum atomic E-state index is 10.2. The summed E-state index contributed by atoms with van der Waals surface area (Å²) in [5.74, 6) is 1.54. The molecule has 0 aliphatic carbocycles. The van der Waals surface area contributed by atoms with Crippen molar-refractivity contribution >= 4 is 17.3 Å². The first-order chi connectivity index (χ1) is 11.7. The molecule has 0 radical (unpaired) electrons. The van der Waals surface area contributed by atoms with Gasteiger partial charge in [0.25, 0.3) is 0 Å². The van der Waals surface area contributed by atoms with Gasteiger partial charge >= 0.3 is 0 Å². The van der Waals surface area contributed by atoms with Crippen molar-refractivity contribution < 1.29 is 5.11 Å². The first-order valence-electron chi connectivity index (χ1n) is 7.68. The SMILES string of the molecule is Cc1ccccc1Nc1c(-c2ccccc2O)nc2ncccn12. The van der Waals surface area contributed by atoms with Gasteiger partial charge in [0, 0.05) is 23.6 Å². The molecule has 0 bridgehead atoms. The van der Waals surface area contributed by atoms with Crippen LogP contribution in [0.1, 0.15) is 5.56 Å². The molecule has 4 aromatic rings. The molecule has 0 unspecified atom stereocenters. The molecule has 2 N–H and O–H groups in total. The van der Waals surface area contributed by atoms with Crippen LogP contribution in [-0.2, 0) is 0 Å². The van der Waals surface area contributed by atoms with Gasteiger partial charge in [0.1, 0.15) is 17.3 Å². The maximum Gasteiger partial charge on any atom is 0.235 e. The monoisotopic (exact) mass is 316 g/mol. The molecule has 0 atom stereocenters. The van der Waals surface area contributed by atoms with Gasteiger partial charge in [0.2, 0.25) is 5.78 Å². The number of anilines is 2. The van der Waals surface area contributed by atoms with Gasteiger partial charge in [-0.25, -0.2) is 9.97 Å². The normalized spacial score (nSPS) is 10.9. The van der Waals surface area contributed by atoms with Gasteiger partial charge in [-0.1, -0.05) is 30.3 Å². The Morgan fingerprint density at radius 3 is 2.62 bits per heavy atom. The zero-order valence-corrected chi connectivity index (χ0v) is 13.1. The molecule has 118 valence electrons. The smallest absolute Gasteiger partial charge is 0.235 e. The van der Waals surface area contributed by atoms with Crippen molar-refractivity contribution in [3.63, 3.8) is 0 Å². The van der Waals surface area contributed by atoms with E-state index < -0.39 is 0 Å². The van der Waals surface area contributed by atoms with Gasteiger partial charge in [-0.15, -0.1) is 0 Å². The Bertz CT molecular complexity index is 1020. The van der Waals surface area contributed by atoms with E-state index in [1.54, 1.807) is 18.3 Å². The van der Waals surface area contributed by atoms with Gasteiger partial charge in [-0.05, 0) is 36.8 Å². The van der Waals surface area contributed by atoms with Crippen molar-refractivity contribution in [3.8, 4) is 17.0 Å². The van der Waals surface area contributed by atoms with E-state index in [2.05, 4.69) is 15.3 Å². The van der Waals surface area contributed by atoms with Crippen molar-refractivity contribution in [2.24, 2.45) is 0 Å². The number of imidazole rings is 1. The number of aromatic nitrogens is 3. The highest BCUT2D eigenvalue weighted by molar-refractivity contribution is 5.82. The molecule has 0 fully saturated rings. The Hall–Kier alpha value is -3.34. The van der Waals surface area contributed by atoms with Crippen LogP contribution in [0.4, 0.5) is 11.5 Å². The summed E-state index contributed by atoms with van der Waals surface area (Å²) in [6, 6.07) is 17.1. The second kappa shape index (κ2) is 5.70. The Kier molecular flexibility index (Phi) is 3.39. The van der Waals surface area contributed by atoms with E-state index in [4.69, 9.17) is 0 Å². The van der Waals surface area contributed by atoms with Gasteiger partial charge < -0.3 is 10.4 Å². The van der Waals surface area contributed by atoms with Crippen LogP contribution in [0.3, 0.4) is 0 Å². The number of phenolic OH excluding ortho intramolecular Hbond substituents is 1. The number of phenols is 1. The summed E-state index contributed by atoms with van der Waals surface area (Å²) in [5.41, 5.74) is 3.44. The average Bonchev–Trinajstić information content (AvgIpc) is 2.96. The summed E-state index contributed by atoms with van der Waals surface area (Å²) in [6.45, 7) is 2.05. The minimum absolute atomic E-state index is 0.189. The molecular formula is C19H16N4O. The number of hydrogen-bond acceptors (Lipinski definition) is 4. The summed E-state index contributed by atoms with van der Waals surface area (Å²) in [5, 5.41) is 13.7. The van der Waals surface area contributed by atoms with Crippen molar-refractivity contribution in [2.45, 2.75) is 6.92 Å². The van der Waals surface area contributed by atoms with E-state index in [1.165, 1.54) is 0 Å². The third kappa shape index (κ3) is 2.36. The molecule has 2 heterocycles. The topological polar surface area (TPSA) is 62.5 Å². The third-order valence-corrected chi connectivity index (χ3v) is 3.96. The van der Waals surface area contributed by atoms with E-state index in [0.29, 0.717) is 17.0 Å².